The first kappa shape index (κ1) is 14.9. The first-order valence-electron chi connectivity index (χ1n) is 7.14. The average Bonchev–Trinajstić information content (AvgIpc) is 3.19. The zero-order chi connectivity index (χ0) is 15.0. The topological polar surface area (TPSA) is 74.6 Å². The molecular formula is C13H19ClN6S. The van der Waals surface area contributed by atoms with Crippen molar-refractivity contribution in [2.75, 3.05) is 0 Å². The van der Waals surface area contributed by atoms with Gasteiger partial charge in [-0.15, -0.1) is 10.2 Å². The minimum absolute atomic E-state index is 0.427. The largest absolute Gasteiger partial charge is 0.324 e. The van der Waals surface area contributed by atoms with Crippen molar-refractivity contribution < 1.29 is 0 Å². The number of aryl methyl sites for hydroxylation is 2. The fourth-order valence-corrected chi connectivity index (χ4v) is 3.72. The Hall–Kier alpha value is -1.05. The van der Waals surface area contributed by atoms with Gasteiger partial charge >= 0.3 is 0 Å². The number of nitrogens with zero attached hydrogens (tertiary/aromatic N) is 5. The van der Waals surface area contributed by atoms with E-state index in [-0.39, 0.29) is 0 Å². The molecule has 114 valence electrons. The van der Waals surface area contributed by atoms with Gasteiger partial charge in [-0.3, -0.25) is 4.68 Å². The summed E-state index contributed by atoms with van der Waals surface area (Å²) in [7, 11) is 0. The van der Waals surface area contributed by atoms with E-state index in [2.05, 4.69) is 26.8 Å². The molecule has 1 fully saturated rings. The lowest BCUT2D eigenvalue weighted by atomic mass is 10.4. The Morgan fingerprint density at radius 2 is 2.14 bits per heavy atom. The lowest BCUT2D eigenvalue weighted by Gasteiger charge is -2.08. The SMILES string of the molecule is CCn1nc(C)c(Cl)c1CSc1nnc(CN)n1C1CC1. The van der Waals surface area contributed by atoms with Gasteiger partial charge in [0.25, 0.3) is 0 Å². The van der Waals surface area contributed by atoms with Gasteiger partial charge in [0.15, 0.2) is 5.16 Å². The monoisotopic (exact) mass is 326 g/mol. The molecule has 0 saturated heterocycles. The minimum Gasteiger partial charge on any atom is -0.324 e. The molecule has 1 saturated carbocycles. The van der Waals surface area contributed by atoms with Crippen molar-refractivity contribution in [2.24, 2.45) is 5.73 Å². The van der Waals surface area contributed by atoms with Gasteiger partial charge in [0.2, 0.25) is 0 Å². The third-order valence-electron chi connectivity index (χ3n) is 3.62. The predicted molar refractivity (Wildman–Crippen MR) is 83.4 cm³/mol. The molecule has 0 spiro atoms. The molecule has 0 aliphatic heterocycles. The number of halogens is 1. The summed E-state index contributed by atoms with van der Waals surface area (Å²) in [5.41, 5.74) is 7.66. The highest BCUT2D eigenvalue weighted by Crippen LogP contribution is 2.39. The summed E-state index contributed by atoms with van der Waals surface area (Å²) in [6, 6.07) is 0.523. The maximum atomic E-state index is 6.35. The van der Waals surface area contributed by atoms with Crippen LogP contribution in [-0.2, 0) is 18.8 Å². The molecule has 0 atom stereocenters. The highest BCUT2D eigenvalue weighted by molar-refractivity contribution is 7.98. The lowest BCUT2D eigenvalue weighted by Crippen LogP contribution is -2.08. The van der Waals surface area contributed by atoms with Crippen LogP contribution in [0.2, 0.25) is 5.02 Å². The molecule has 21 heavy (non-hydrogen) atoms. The second-order valence-corrected chi connectivity index (χ2v) is 6.48. The zero-order valence-corrected chi connectivity index (χ0v) is 13.8. The molecule has 1 aliphatic rings. The van der Waals surface area contributed by atoms with Gasteiger partial charge < -0.3 is 10.3 Å². The molecule has 2 heterocycles. The molecule has 1 aliphatic carbocycles. The summed E-state index contributed by atoms with van der Waals surface area (Å²) in [6.07, 6.45) is 2.37. The minimum atomic E-state index is 0.427. The molecule has 2 aromatic rings. The van der Waals surface area contributed by atoms with E-state index < -0.39 is 0 Å². The van der Waals surface area contributed by atoms with Crippen molar-refractivity contribution in [3.8, 4) is 0 Å². The van der Waals surface area contributed by atoms with Crippen LogP contribution in [0.15, 0.2) is 5.16 Å². The van der Waals surface area contributed by atoms with Gasteiger partial charge in [0.05, 0.1) is 23.0 Å². The first-order valence-corrected chi connectivity index (χ1v) is 8.50. The Balaban J connectivity index is 1.81. The standard InChI is InChI=1S/C13H19ClN6S/c1-3-19-10(12(14)8(2)18-19)7-21-13-17-16-11(6-15)20(13)9-4-5-9/h9H,3-7,15H2,1-2H3. The Morgan fingerprint density at radius 1 is 1.38 bits per heavy atom. The molecule has 0 amide bonds. The van der Waals surface area contributed by atoms with Crippen LogP contribution in [0.3, 0.4) is 0 Å². The smallest absolute Gasteiger partial charge is 0.191 e. The van der Waals surface area contributed by atoms with E-state index in [4.69, 9.17) is 17.3 Å². The molecule has 0 unspecified atom stereocenters. The molecule has 8 heteroatoms. The summed E-state index contributed by atoms with van der Waals surface area (Å²) in [5.74, 6) is 1.61. The first-order chi connectivity index (χ1) is 10.2. The normalized spacial score (nSPS) is 14.9. The van der Waals surface area contributed by atoms with Gasteiger partial charge in [0, 0.05) is 18.3 Å². The van der Waals surface area contributed by atoms with Crippen LogP contribution in [0.25, 0.3) is 0 Å². The number of hydrogen-bond acceptors (Lipinski definition) is 5. The summed E-state index contributed by atoms with van der Waals surface area (Å²) < 4.78 is 4.13. The van der Waals surface area contributed by atoms with Gasteiger partial charge in [-0.2, -0.15) is 5.10 Å². The second kappa shape index (κ2) is 5.98. The fraction of sp³-hybridized carbons (Fsp3) is 0.615. The van der Waals surface area contributed by atoms with Gasteiger partial charge in [-0.05, 0) is 26.7 Å². The number of thioether (sulfide) groups is 1. The lowest BCUT2D eigenvalue weighted by molar-refractivity contribution is 0.622. The van der Waals surface area contributed by atoms with Crippen LogP contribution in [-0.4, -0.2) is 24.5 Å². The van der Waals surface area contributed by atoms with Gasteiger partial charge in [-0.25, -0.2) is 0 Å². The molecule has 2 aromatic heterocycles. The Kier molecular flexibility index (Phi) is 4.24. The third-order valence-corrected chi connectivity index (χ3v) is 5.07. The number of hydrogen-bond donors (Lipinski definition) is 1. The van der Waals surface area contributed by atoms with Crippen LogP contribution in [0.4, 0.5) is 0 Å². The molecule has 6 nitrogen and oxygen atoms in total. The highest BCUT2D eigenvalue weighted by Gasteiger charge is 2.29. The Bertz CT molecular complexity index is 645. The van der Waals surface area contributed by atoms with E-state index >= 15 is 0 Å². The van der Waals surface area contributed by atoms with Crippen molar-refractivity contribution >= 4 is 23.4 Å². The number of rotatable bonds is 6. The van der Waals surface area contributed by atoms with Crippen LogP contribution >= 0.6 is 23.4 Å². The molecular weight excluding hydrogens is 308 g/mol. The van der Waals surface area contributed by atoms with Gasteiger partial charge in [-0.1, -0.05) is 23.4 Å². The highest BCUT2D eigenvalue weighted by atomic mass is 35.5. The van der Waals surface area contributed by atoms with Crippen molar-refractivity contribution in [2.45, 2.75) is 56.7 Å². The van der Waals surface area contributed by atoms with E-state index in [0.29, 0.717) is 12.6 Å². The van der Waals surface area contributed by atoms with Crippen molar-refractivity contribution in [1.29, 1.82) is 0 Å². The summed E-state index contributed by atoms with van der Waals surface area (Å²) in [4.78, 5) is 0. The number of aromatic nitrogens is 5. The fourth-order valence-electron chi connectivity index (χ4n) is 2.38. The Morgan fingerprint density at radius 3 is 2.76 bits per heavy atom. The summed E-state index contributed by atoms with van der Waals surface area (Å²) in [6.45, 7) is 5.24. The van der Waals surface area contributed by atoms with E-state index in [1.807, 2.05) is 11.6 Å². The van der Waals surface area contributed by atoms with E-state index in [0.717, 1.165) is 39.7 Å². The molecule has 0 radical (unpaired) electrons. The summed E-state index contributed by atoms with van der Waals surface area (Å²) >= 11 is 8.00. The van der Waals surface area contributed by atoms with Crippen LogP contribution < -0.4 is 5.73 Å². The predicted octanol–water partition coefficient (Wildman–Crippen LogP) is 2.54. The summed E-state index contributed by atoms with van der Waals surface area (Å²) in [5, 5.41) is 14.6. The van der Waals surface area contributed by atoms with Crippen LogP contribution in [0, 0.1) is 6.92 Å². The second-order valence-electron chi connectivity index (χ2n) is 5.15. The Labute approximate surface area is 133 Å². The molecule has 2 N–H and O–H groups in total. The van der Waals surface area contributed by atoms with Crippen molar-refractivity contribution in [1.82, 2.24) is 24.5 Å². The van der Waals surface area contributed by atoms with Crippen LogP contribution in [0.1, 0.15) is 43.0 Å². The third kappa shape index (κ3) is 2.82. The maximum absolute atomic E-state index is 6.35. The van der Waals surface area contributed by atoms with Gasteiger partial charge in [0.1, 0.15) is 5.82 Å². The average molecular weight is 327 g/mol. The van der Waals surface area contributed by atoms with Crippen LogP contribution in [0.5, 0.6) is 0 Å². The zero-order valence-electron chi connectivity index (χ0n) is 12.2. The van der Waals surface area contributed by atoms with Crippen molar-refractivity contribution in [3.63, 3.8) is 0 Å². The number of nitrogens with two attached hydrogens (primary N) is 1. The molecule has 0 aromatic carbocycles. The molecule has 0 bridgehead atoms. The molecule has 3 rings (SSSR count). The van der Waals surface area contributed by atoms with Crippen molar-refractivity contribution in [3.05, 3.63) is 22.2 Å². The van der Waals surface area contributed by atoms with E-state index in [1.165, 1.54) is 12.8 Å². The quantitative estimate of drug-likeness (QED) is 0.826. The van der Waals surface area contributed by atoms with E-state index in [1.54, 1.807) is 11.8 Å². The maximum Gasteiger partial charge on any atom is 0.191 e. The van der Waals surface area contributed by atoms with E-state index in [9.17, 15) is 0 Å².